The Morgan fingerprint density at radius 1 is 1.22 bits per heavy atom. The number of carbonyl (C=O) groups is 2. The van der Waals surface area contributed by atoms with Gasteiger partial charge in [-0.05, 0) is 36.4 Å². The molecule has 1 aromatic carbocycles. The van der Waals surface area contributed by atoms with Crippen LogP contribution < -0.4 is 15.8 Å². The maximum Gasteiger partial charge on any atom is 0.269 e. The Labute approximate surface area is 154 Å². The van der Waals surface area contributed by atoms with Gasteiger partial charge in [-0.2, -0.15) is 5.10 Å². The first-order valence-corrected chi connectivity index (χ1v) is 8.31. The molecule has 0 saturated carbocycles. The molecule has 3 heterocycles. The molecule has 0 bridgehead atoms. The highest BCUT2D eigenvalue weighted by Gasteiger charge is 2.20. The molecule has 0 spiro atoms. The normalized spacial score (nSPS) is 13.0. The zero-order valence-corrected chi connectivity index (χ0v) is 14.3. The summed E-state index contributed by atoms with van der Waals surface area (Å²) in [4.78, 5) is 31.5. The third-order valence-corrected chi connectivity index (χ3v) is 4.03. The molecular formula is C18H16N6O3. The van der Waals surface area contributed by atoms with Crippen molar-refractivity contribution in [3.8, 4) is 28.5 Å². The van der Waals surface area contributed by atoms with Crippen molar-refractivity contribution < 1.29 is 14.3 Å². The Balaban J connectivity index is 1.59. The van der Waals surface area contributed by atoms with E-state index < -0.39 is 5.91 Å². The maximum absolute atomic E-state index is 11.9. The summed E-state index contributed by atoms with van der Waals surface area (Å²) in [6, 6.07) is 10.5. The van der Waals surface area contributed by atoms with Gasteiger partial charge in [0.1, 0.15) is 17.1 Å². The molecule has 136 valence electrons. The number of hydrogen-bond acceptors (Lipinski definition) is 6. The highest BCUT2D eigenvalue weighted by molar-refractivity contribution is 5.94. The fraction of sp³-hybridized carbons (Fsp3) is 0.167. The molecule has 2 amide bonds. The lowest BCUT2D eigenvalue weighted by Crippen LogP contribution is -2.35. The van der Waals surface area contributed by atoms with Crippen LogP contribution in [-0.4, -0.2) is 44.7 Å². The van der Waals surface area contributed by atoms with Gasteiger partial charge in [0.05, 0.1) is 12.2 Å². The third-order valence-electron chi connectivity index (χ3n) is 4.03. The highest BCUT2D eigenvalue weighted by Crippen LogP contribution is 2.23. The van der Waals surface area contributed by atoms with Gasteiger partial charge in [-0.3, -0.25) is 14.3 Å². The van der Waals surface area contributed by atoms with E-state index in [1.165, 1.54) is 0 Å². The van der Waals surface area contributed by atoms with Crippen LogP contribution in [0.5, 0.6) is 5.75 Å². The number of fused-ring (bicyclic) bond motifs is 1. The second-order valence-electron chi connectivity index (χ2n) is 5.94. The number of rotatable bonds is 5. The molecule has 27 heavy (non-hydrogen) atoms. The maximum atomic E-state index is 11.9. The number of benzene rings is 1. The lowest BCUT2D eigenvalue weighted by Gasteiger charge is -2.13. The molecule has 0 saturated heterocycles. The fourth-order valence-corrected chi connectivity index (χ4v) is 2.76. The van der Waals surface area contributed by atoms with Gasteiger partial charge < -0.3 is 15.8 Å². The monoisotopic (exact) mass is 364 g/mol. The van der Waals surface area contributed by atoms with Gasteiger partial charge >= 0.3 is 0 Å². The quantitative estimate of drug-likeness (QED) is 0.683. The van der Waals surface area contributed by atoms with Gasteiger partial charge in [-0.25, -0.2) is 9.97 Å². The van der Waals surface area contributed by atoms with Crippen molar-refractivity contribution in [2.75, 3.05) is 13.2 Å². The van der Waals surface area contributed by atoms with Crippen molar-refractivity contribution >= 4 is 11.8 Å². The first-order valence-electron chi connectivity index (χ1n) is 8.31. The Hall–Kier alpha value is -3.75. The minimum atomic E-state index is -0.536. The summed E-state index contributed by atoms with van der Waals surface area (Å²) in [6.45, 7) is 1.02. The standard InChI is InChI=1S/C18H16N6O3/c19-16(25)10-27-12-3-1-11(2-4-12)17-20-6-5-13(22-17)14-9-15-18(26)21-7-8-24(15)23-14/h1-6,9H,7-8,10H2,(H2,19,25)(H,21,26). The van der Waals surface area contributed by atoms with Gasteiger partial charge in [0, 0.05) is 18.3 Å². The van der Waals surface area contributed by atoms with Gasteiger partial charge in [0.25, 0.3) is 11.8 Å². The largest absolute Gasteiger partial charge is 0.484 e. The zero-order valence-electron chi connectivity index (χ0n) is 14.3. The number of nitrogens with one attached hydrogen (secondary N) is 1. The number of hydrogen-bond donors (Lipinski definition) is 2. The summed E-state index contributed by atoms with van der Waals surface area (Å²) >= 11 is 0. The molecule has 3 N–H and O–H groups in total. The van der Waals surface area contributed by atoms with Crippen molar-refractivity contribution in [1.82, 2.24) is 25.1 Å². The van der Waals surface area contributed by atoms with Crippen molar-refractivity contribution in [2.45, 2.75) is 6.54 Å². The molecular weight excluding hydrogens is 348 g/mol. The molecule has 3 aromatic rings. The number of aromatic nitrogens is 4. The van der Waals surface area contributed by atoms with E-state index in [0.29, 0.717) is 41.7 Å². The molecule has 0 unspecified atom stereocenters. The van der Waals surface area contributed by atoms with E-state index in [9.17, 15) is 9.59 Å². The van der Waals surface area contributed by atoms with Crippen molar-refractivity contribution in [2.24, 2.45) is 5.73 Å². The van der Waals surface area contributed by atoms with E-state index >= 15 is 0 Å². The summed E-state index contributed by atoms with van der Waals surface area (Å²) < 4.78 is 6.92. The van der Waals surface area contributed by atoms with Crippen LogP contribution in [0.1, 0.15) is 10.5 Å². The SMILES string of the molecule is NC(=O)COc1ccc(-c2nccc(-c3cc4n(n3)CCNC4=O)n2)cc1. The molecule has 9 nitrogen and oxygen atoms in total. The second kappa shape index (κ2) is 6.87. The van der Waals surface area contributed by atoms with Crippen LogP contribution in [-0.2, 0) is 11.3 Å². The van der Waals surface area contributed by atoms with E-state index in [1.807, 2.05) is 0 Å². The zero-order chi connectivity index (χ0) is 18.8. The molecule has 0 aliphatic carbocycles. The average molecular weight is 364 g/mol. The van der Waals surface area contributed by atoms with Crippen LogP contribution in [0.15, 0.2) is 42.6 Å². The first-order chi connectivity index (χ1) is 13.1. The van der Waals surface area contributed by atoms with Crippen LogP contribution in [0.3, 0.4) is 0 Å². The number of ether oxygens (including phenoxy) is 1. The van der Waals surface area contributed by atoms with Crippen LogP contribution in [0, 0.1) is 0 Å². The summed E-state index contributed by atoms with van der Waals surface area (Å²) in [5, 5.41) is 7.25. The molecule has 0 radical (unpaired) electrons. The minimum absolute atomic E-state index is 0.138. The summed E-state index contributed by atoms with van der Waals surface area (Å²) in [6.07, 6.45) is 1.65. The van der Waals surface area contributed by atoms with Gasteiger partial charge in [0.15, 0.2) is 12.4 Å². The smallest absolute Gasteiger partial charge is 0.269 e. The van der Waals surface area contributed by atoms with Crippen molar-refractivity contribution in [3.63, 3.8) is 0 Å². The Kier molecular flexibility index (Phi) is 4.25. The third kappa shape index (κ3) is 3.47. The van der Waals surface area contributed by atoms with Gasteiger partial charge in [0.2, 0.25) is 0 Å². The van der Waals surface area contributed by atoms with Crippen LogP contribution in [0.25, 0.3) is 22.8 Å². The van der Waals surface area contributed by atoms with E-state index in [2.05, 4.69) is 20.4 Å². The van der Waals surface area contributed by atoms with E-state index in [4.69, 9.17) is 10.5 Å². The predicted octanol–water partition coefficient (Wildman–Crippen LogP) is 0.615. The number of amides is 2. The second-order valence-corrected chi connectivity index (χ2v) is 5.94. The van der Waals surface area contributed by atoms with Gasteiger partial charge in [-0.15, -0.1) is 0 Å². The Morgan fingerprint density at radius 3 is 2.78 bits per heavy atom. The molecule has 0 atom stereocenters. The van der Waals surface area contributed by atoms with Crippen LogP contribution in [0.4, 0.5) is 0 Å². The molecule has 1 aliphatic rings. The molecule has 1 aliphatic heterocycles. The van der Waals surface area contributed by atoms with Gasteiger partial charge in [-0.1, -0.05) is 0 Å². The fourth-order valence-electron chi connectivity index (χ4n) is 2.76. The van der Waals surface area contributed by atoms with Crippen LogP contribution >= 0.6 is 0 Å². The first kappa shape index (κ1) is 16.7. The molecule has 0 fully saturated rings. The molecule has 2 aromatic heterocycles. The highest BCUT2D eigenvalue weighted by atomic mass is 16.5. The number of carbonyl (C=O) groups excluding carboxylic acids is 2. The molecule has 9 heteroatoms. The number of nitrogens with zero attached hydrogens (tertiary/aromatic N) is 4. The van der Waals surface area contributed by atoms with Crippen LogP contribution in [0.2, 0.25) is 0 Å². The summed E-state index contributed by atoms with van der Waals surface area (Å²) in [5.41, 5.74) is 7.61. The minimum Gasteiger partial charge on any atom is -0.484 e. The topological polar surface area (TPSA) is 125 Å². The van der Waals surface area contributed by atoms with E-state index in [0.717, 1.165) is 5.56 Å². The number of primary amides is 1. The molecule has 4 rings (SSSR count). The summed E-state index contributed by atoms with van der Waals surface area (Å²) in [7, 11) is 0. The van der Waals surface area contributed by atoms with E-state index in [1.54, 1.807) is 47.3 Å². The van der Waals surface area contributed by atoms with Crippen molar-refractivity contribution in [1.29, 1.82) is 0 Å². The number of nitrogens with two attached hydrogens (primary N) is 1. The average Bonchev–Trinajstić information content (AvgIpc) is 3.13. The summed E-state index contributed by atoms with van der Waals surface area (Å²) in [5.74, 6) is 0.373. The lowest BCUT2D eigenvalue weighted by molar-refractivity contribution is -0.119. The Bertz CT molecular complexity index is 1010. The van der Waals surface area contributed by atoms with Crippen molar-refractivity contribution in [3.05, 3.63) is 48.3 Å². The van der Waals surface area contributed by atoms with E-state index in [-0.39, 0.29) is 12.5 Å². The predicted molar refractivity (Wildman–Crippen MR) is 95.7 cm³/mol. The Morgan fingerprint density at radius 2 is 2.04 bits per heavy atom. The lowest BCUT2D eigenvalue weighted by atomic mass is 10.2.